The maximum Gasteiger partial charge on any atom is 0.251 e. The Kier molecular flexibility index (Phi) is 6.58. The molecule has 6 nitrogen and oxygen atoms in total. The van der Waals surface area contributed by atoms with Crippen molar-refractivity contribution in [1.29, 1.82) is 0 Å². The molecule has 0 aromatic heterocycles. The molecule has 0 unspecified atom stereocenters. The van der Waals surface area contributed by atoms with E-state index in [0.29, 0.717) is 18.7 Å². The maximum atomic E-state index is 11.8. The largest absolute Gasteiger partial charge is 0.354 e. The van der Waals surface area contributed by atoms with Gasteiger partial charge in [0.25, 0.3) is 5.91 Å². The van der Waals surface area contributed by atoms with Gasteiger partial charge < -0.3 is 16.0 Å². The summed E-state index contributed by atoms with van der Waals surface area (Å²) in [6.07, 6.45) is 2.14. The number of hydrogen-bond donors (Lipinski definition) is 3. The Bertz CT molecular complexity index is 570. The van der Waals surface area contributed by atoms with E-state index in [1.165, 1.54) is 0 Å². The van der Waals surface area contributed by atoms with E-state index in [9.17, 15) is 14.4 Å². The summed E-state index contributed by atoms with van der Waals surface area (Å²) in [7, 11) is 0. The van der Waals surface area contributed by atoms with Crippen molar-refractivity contribution in [1.82, 2.24) is 16.0 Å². The van der Waals surface area contributed by atoms with Crippen LogP contribution in [0, 0.1) is 5.92 Å². The van der Waals surface area contributed by atoms with Crippen LogP contribution in [0.3, 0.4) is 0 Å². The molecule has 1 aliphatic carbocycles. The average molecular weight is 382 g/mol. The van der Waals surface area contributed by atoms with Crippen LogP contribution in [0.2, 0.25) is 0 Å². The molecule has 0 bridgehead atoms. The van der Waals surface area contributed by atoms with Gasteiger partial charge in [-0.2, -0.15) is 0 Å². The standard InChI is InChI=1S/C16H20BrN3O3/c17-13-5-3-12(4-6-13)15(22)19-8-7-14(21)18-9-10-20-16(23)11-1-2-11/h3-6,11H,1-2,7-10H2,(H,18,21)(H,19,22)(H,20,23). The molecule has 1 aliphatic rings. The number of rotatable bonds is 8. The molecule has 1 aromatic carbocycles. The van der Waals surface area contributed by atoms with E-state index >= 15 is 0 Å². The molecular formula is C16H20BrN3O3. The lowest BCUT2D eigenvalue weighted by molar-refractivity contribution is -0.123. The first-order valence-electron chi connectivity index (χ1n) is 7.64. The topological polar surface area (TPSA) is 87.3 Å². The zero-order valence-electron chi connectivity index (χ0n) is 12.7. The van der Waals surface area contributed by atoms with Crippen LogP contribution in [0.1, 0.15) is 29.6 Å². The maximum absolute atomic E-state index is 11.8. The number of halogens is 1. The Morgan fingerprint density at radius 3 is 2.26 bits per heavy atom. The van der Waals surface area contributed by atoms with E-state index < -0.39 is 0 Å². The molecule has 124 valence electrons. The molecule has 3 N–H and O–H groups in total. The third-order valence-electron chi connectivity index (χ3n) is 3.44. The molecule has 1 aromatic rings. The summed E-state index contributed by atoms with van der Waals surface area (Å²) in [4.78, 5) is 34.8. The summed E-state index contributed by atoms with van der Waals surface area (Å²) in [5.41, 5.74) is 0.552. The first kappa shape index (κ1) is 17.5. The number of benzene rings is 1. The van der Waals surface area contributed by atoms with Crippen LogP contribution in [-0.4, -0.2) is 37.4 Å². The highest BCUT2D eigenvalue weighted by molar-refractivity contribution is 9.10. The van der Waals surface area contributed by atoms with Crippen LogP contribution in [0.15, 0.2) is 28.7 Å². The van der Waals surface area contributed by atoms with Crippen LogP contribution < -0.4 is 16.0 Å². The van der Waals surface area contributed by atoms with Gasteiger partial charge in [0.15, 0.2) is 0 Å². The van der Waals surface area contributed by atoms with Gasteiger partial charge in [0.2, 0.25) is 11.8 Å². The van der Waals surface area contributed by atoms with Crippen LogP contribution in [-0.2, 0) is 9.59 Å². The number of hydrogen-bond acceptors (Lipinski definition) is 3. The van der Waals surface area contributed by atoms with E-state index in [0.717, 1.165) is 17.3 Å². The SMILES string of the molecule is O=C(CCNC(=O)c1ccc(Br)cc1)NCCNC(=O)C1CC1. The van der Waals surface area contributed by atoms with Gasteiger partial charge in [-0.25, -0.2) is 0 Å². The molecule has 7 heteroatoms. The Morgan fingerprint density at radius 2 is 1.61 bits per heavy atom. The van der Waals surface area contributed by atoms with Crippen molar-refractivity contribution in [3.05, 3.63) is 34.3 Å². The molecule has 0 aliphatic heterocycles. The van der Waals surface area contributed by atoms with Crippen molar-refractivity contribution < 1.29 is 14.4 Å². The quantitative estimate of drug-likeness (QED) is 0.591. The van der Waals surface area contributed by atoms with Gasteiger partial charge in [0.05, 0.1) is 0 Å². The summed E-state index contributed by atoms with van der Waals surface area (Å²) >= 11 is 3.31. The predicted octanol–water partition coefficient (Wildman–Crippen LogP) is 1.21. The van der Waals surface area contributed by atoms with Gasteiger partial charge in [-0.1, -0.05) is 15.9 Å². The van der Waals surface area contributed by atoms with Crippen molar-refractivity contribution in [2.75, 3.05) is 19.6 Å². The number of carbonyl (C=O) groups is 3. The van der Waals surface area contributed by atoms with Gasteiger partial charge >= 0.3 is 0 Å². The van der Waals surface area contributed by atoms with Gasteiger partial charge in [-0.15, -0.1) is 0 Å². The first-order chi connectivity index (χ1) is 11.1. The van der Waals surface area contributed by atoms with Crippen molar-refractivity contribution in [2.45, 2.75) is 19.3 Å². The molecule has 2 rings (SSSR count). The zero-order chi connectivity index (χ0) is 16.7. The minimum absolute atomic E-state index is 0.0704. The number of nitrogens with one attached hydrogen (secondary N) is 3. The molecule has 0 heterocycles. The minimum Gasteiger partial charge on any atom is -0.354 e. The third kappa shape index (κ3) is 6.40. The van der Waals surface area contributed by atoms with Crippen LogP contribution in [0.4, 0.5) is 0 Å². The number of carbonyl (C=O) groups excluding carboxylic acids is 3. The van der Waals surface area contributed by atoms with E-state index in [1.807, 2.05) is 0 Å². The summed E-state index contributed by atoms with van der Waals surface area (Å²) in [5, 5.41) is 8.18. The lowest BCUT2D eigenvalue weighted by Crippen LogP contribution is -2.36. The fourth-order valence-electron chi connectivity index (χ4n) is 1.96. The highest BCUT2D eigenvalue weighted by Gasteiger charge is 2.28. The Balaban J connectivity index is 1.54. The van der Waals surface area contributed by atoms with E-state index in [1.54, 1.807) is 24.3 Å². The van der Waals surface area contributed by atoms with E-state index in [4.69, 9.17) is 0 Å². The highest BCUT2D eigenvalue weighted by Crippen LogP contribution is 2.28. The Morgan fingerprint density at radius 1 is 0.957 bits per heavy atom. The number of amides is 3. The molecule has 1 saturated carbocycles. The summed E-state index contributed by atoms with van der Waals surface area (Å²) in [6, 6.07) is 7.00. The molecular weight excluding hydrogens is 362 g/mol. The first-order valence-corrected chi connectivity index (χ1v) is 8.44. The average Bonchev–Trinajstić information content (AvgIpc) is 3.37. The van der Waals surface area contributed by atoms with Crippen LogP contribution in [0.5, 0.6) is 0 Å². The molecule has 0 radical (unpaired) electrons. The second-order valence-corrected chi connectivity index (χ2v) is 6.34. The van der Waals surface area contributed by atoms with Crippen LogP contribution in [0.25, 0.3) is 0 Å². The third-order valence-corrected chi connectivity index (χ3v) is 3.97. The summed E-state index contributed by atoms with van der Waals surface area (Å²) in [6.45, 7) is 1.11. The minimum atomic E-state index is -0.206. The smallest absolute Gasteiger partial charge is 0.251 e. The molecule has 0 atom stereocenters. The van der Waals surface area contributed by atoms with E-state index in [-0.39, 0.29) is 36.6 Å². The lowest BCUT2D eigenvalue weighted by atomic mass is 10.2. The van der Waals surface area contributed by atoms with Crippen molar-refractivity contribution in [3.8, 4) is 0 Å². The van der Waals surface area contributed by atoms with Crippen LogP contribution >= 0.6 is 15.9 Å². The van der Waals surface area contributed by atoms with Gasteiger partial charge in [-0.3, -0.25) is 14.4 Å². The predicted molar refractivity (Wildman–Crippen MR) is 89.8 cm³/mol. The monoisotopic (exact) mass is 381 g/mol. The summed E-state index contributed by atoms with van der Waals surface area (Å²) < 4.78 is 0.905. The fraction of sp³-hybridized carbons (Fsp3) is 0.438. The molecule has 3 amide bonds. The molecule has 0 spiro atoms. The van der Waals surface area contributed by atoms with Gasteiger partial charge in [-0.05, 0) is 37.1 Å². The van der Waals surface area contributed by atoms with Gasteiger partial charge in [0.1, 0.15) is 0 Å². The molecule has 23 heavy (non-hydrogen) atoms. The second kappa shape index (κ2) is 8.67. The van der Waals surface area contributed by atoms with Crippen molar-refractivity contribution in [2.24, 2.45) is 5.92 Å². The van der Waals surface area contributed by atoms with Gasteiger partial charge in [0, 0.05) is 42.0 Å². The second-order valence-electron chi connectivity index (χ2n) is 5.43. The Hall–Kier alpha value is -1.89. The van der Waals surface area contributed by atoms with E-state index in [2.05, 4.69) is 31.9 Å². The Labute approximate surface area is 143 Å². The lowest BCUT2D eigenvalue weighted by Gasteiger charge is -2.08. The van der Waals surface area contributed by atoms with Crippen molar-refractivity contribution >= 4 is 33.7 Å². The molecule has 0 saturated heterocycles. The fourth-order valence-corrected chi connectivity index (χ4v) is 2.22. The van der Waals surface area contributed by atoms with Crippen molar-refractivity contribution in [3.63, 3.8) is 0 Å². The molecule has 1 fully saturated rings. The zero-order valence-corrected chi connectivity index (χ0v) is 14.3. The highest BCUT2D eigenvalue weighted by atomic mass is 79.9. The normalized spacial score (nSPS) is 13.3. The summed E-state index contributed by atoms with van der Waals surface area (Å²) in [5.74, 6) is -0.107.